The summed E-state index contributed by atoms with van der Waals surface area (Å²) in [5.74, 6) is 0. The monoisotopic (exact) mass is 377 g/mol. The van der Waals surface area contributed by atoms with Gasteiger partial charge in [0.25, 0.3) is 0 Å². The average Bonchev–Trinajstić information content (AvgIpc) is 2.26. The number of alkyl halides is 2. The summed E-state index contributed by atoms with van der Waals surface area (Å²) in [4.78, 5) is 0. The molecule has 0 saturated carbocycles. The van der Waals surface area contributed by atoms with Crippen molar-refractivity contribution < 1.29 is 8.76 Å². The maximum absolute atomic E-state index is 11.0. The van der Waals surface area contributed by atoms with Crippen molar-refractivity contribution in [2.24, 2.45) is 0 Å². The molecule has 0 aromatic carbocycles. The first-order valence-electron chi connectivity index (χ1n) is 5.70. The molecule has 0 aromatic rings. The molecule has 0 spiro atoms. The molecule has 1 N–H and O–H groups in total. The number of halogens is 2. The van der Waals surface area contributed by atoms with E-state index in [4.69, 9.17) is 4.55 Å². The molecule has 0 radical (unpaired) electrons. The van der Waals surface area contributed by atoms with Gasteiger partial charge in [-0.1, -0.05) is 44.7 Å². The smallest absolute Gasteiger partial charge is 0.234 e. The molecule has 16 heavy (non-hydrogen) atoms. The molecule has 98 valence electrons. The van der Waals surface area contributed by atoms with Crippen LogP contribution >= 0.6 is 31.9 Å². The molecule has 1 unspecified atom stereocenters. The van der Waals surface area contributed by atoms with Crippen LogP contribution in [0.25, 0.3) is 0 Å². The van der Waals surface area contributed by atoms with Gasteiger partial charge in [0, 0.05) is 23.7 Å². The minimum Gasteiger partial charge on any atom is -0.294 e. The fraction of sp³-hybridized carbons (Fsp3) is 1.00. The Labute approximate surface area is 118 Å². The highest BCUT2D eigenvalue weighted by molar-refractivity contribution is 9.09. The number of hydrogen-bond acceptors (Lipinski definition) is 1. The molecule has 0 aliphatic heterocycles. The molecule has 0 rings (SSSR count). The fourth-order valence-electron chi connectivity index (χ4n) is 1.39. The van der Waals surface area contributed by atoms with E-state index in [2.05, 4.69) is 31.9 Å². The normalized spacial score (nSPS) is 13.2. The van der Waals surface area contributed by atoms with E-state index in [0.29, 0.717) is 0 Å². The van der Waals surface area contributed by atoms with Gasteiger partial charge in [0.05, 0.1) is 0 Å². The molecule has 6 heteroatoms. The van der Waals surface area contributed by atoms with Crippen molar-refractivity contribution >= 4 is 43.1 Å². The van der Waals surface area contributed by atoms with Crippen molar-refractivity contribution in [2.45, 2.75) is 38.5 Å². The Kier molecular flexibility index (Phi) is 13.3. The zero-order valence-electron chi connectivity index (χ0n) is 9.54. The van der Waals surface area contributed by atoms with Crippen LogP contribution in [0.4, 0.5) is 0 Å². The van der Waals surface area contributed by atoms with Crippen LogP contribution in [0, 0.1) is 0 Å². The fourth-order valence-corrected chi connectivity index (χ4v) is 2.75. The lowest BCUT2D eigenvalue weighted by Crippen LogP contribution is -2.27. The lowest BCUT2D eigenvalue weighted by molar-refractivity contribution is 0.378. The first-order chi connectivity index (χ1) is 7.72. The molecule has 0 saturated heterocycles. The Morgan fingerprint density at radius 1 is 0.875 bits per heavy atom. The van der Waals surface area contributed by atoms with Gasteiger partial charge in [-0.05, 0) is 25.7 Å². The Morgan fingerprint density at radius 3 is 1.62 bits per heavy atom. The Balaban J connectivity index is 3.59. The van der Waals surface area contributed by atoms with Crippen LogP contribution in [0.1, 0.15) is 38.5 Å². The molecule has 0 heterocycles. The second-order valence-electron chi connectivity index (χ2n) is 3.66. The highest BCUT2D eigenvalue weighted by Crippen LogP contribution is 2.06. The van der Waals surface area contributed by atoms with Crippen LogP contribution in [-0.4, -0.2) is 36.8 Å². The van der Waals surface area contributed by atoms with Crippen molar-refractivity contribution in [3.8, 4) is 0 Å². The van der Waals surface area contributed by atoms with Crippen molar-refractivity contribution in [3.63, 3.8) is 0 Å². The number of rotatable bonds is 11. The van der Waals surface area contributed by atoms with Gasteiger partial charge in [-0.3, -0.25) is 4.55 Å². The lowest BCUT2D eigenvalue weighted by Gasteiger charge is -2.17. The molecular weight excluding hydrogens is 358 g/mol. The zero-order valence-corrected chi connectivity index (χ0v) is 13.5. The van der Waals surface area contributed by atoms with Gasteiger partial charge in [0.1, 0.15) is 0 Å². The maximum Gasteiger partial charge on any atom is 0.234 e. The summed E-state index contributed by atoms with van der Waals surface area (Å²) < 4.78 is 21.8. The lowest BCUT2D eigenvalue weighted by atomic mass is 10.2. The van der Waals surface area contributed by atoms with Crippen LogP contribution in [0.3, 0.4) is 0 Å². The topological polar surface area (TPSA) is 40.5 Å². The summed E-state index contributed by atoms with van der Waals surface area (Å²) in [6, 6.07) is 0. The van der Waals surface area contributed by atoms with E-state index in [9.17, 15) is 4.21 Å². The van der Waals surface area contributed by atoms with E-state index in [-0.39, 0.29) is 0 Å². The van der Waals surface area contributed by atoms with E-state index in [1.807, 2.05) is 0 Å². The molecule has 0 amide bonds. The second kappa shape index (κ2) is 12.5. The van der Waals surface area contributed by atoms with Crippen molar-refractivity contribution in [2.75, 3.05) is 23.7 Å². The van der Waals surface area contributed by atoms with Gasteiger partial charge in [-0.2, -0.15) is 0 Å². The van der Waals surface area contributed by atoms with Crippen molar-refractivity contribution in [3.05, 3.63) is 0 Å². The largest absolute Gasteiger partial charge is 0.294 e. The standard InChI is InChI=1S/C10H21Br2NO2S/c11-7-3-1-5-9-13(16(14)15)10-6-2-4-8-12/h1-10H2,(H,14,15). The van der Waals surface area contributed by atoms with Crippen LogP contribution < -0.4 is 0 Å². The van der Waals surface area contributed by atoms with Gasteiger partial charge >= 0.3 is 0 Å². The van der Waals surface area contributed by atoms with Crippen molar-refractivity contribution in [1.29, 1.82) is 0 Å². The first-order valence-corrected chi connectivity index (χ1v) is 9.01. The number of unbranched alkanes of at least 4 members (excludes halogenated alkanes) is 4. The van der Waals surface area contributed by atoms with E-state index in [1.54, 1.807) is 4.31 Å². The Morgan fingerprint density at radius 2 is 1.31 bits per heavy atom. The Bertz CT molecular complexity index is 172. The van der Waals surface area contributed by atoms with Crippen LogP contribution in [-0.2, 0) is 11.3 Å². The predicted octanol–water partition coefficient (Wildman–Crippen LogP) is 3.56. The summed E-state index contributed by atoms with van der Waals surface area (Å²) in [5.41, 5.74) is 0. The van der Waals surface area contributed by atoms with Crippen LogP contribution in [0.2, 0.25) is 0 Å². The molecular formula is C10H21Br2NO2S. The highest BCUT2D eigenvalue weighted by Gasteiger charge is 2.09. The highest BCUT2D eigenvalue weighted by atomic mass is 79.9. The van der Waals surface area contributed by atoms with Crippen LogP contribution in [0.5, 0.6) is 0 Å². The summed E-state index contributed by atoms with van der Waals surface area (Å²) in [6.45, 7) is 1.45. The summed E-state index contributed by atoms with van der Waals surface area (Å²) in [6.07, 6.45) is 6.48. The summed E-state index contributed by atoms with van der Waals surface area (Å²) in [7, 11) is 0. The van der Waals surface area contributed by atoms with E-state index >= 15 is 0 Å². The zero-order chi connectivity index (χ0) is 12.2. The predicted molar refractivity (Wildman–Crippen MR) is 77.6 cm³/mol. The Hall–Kier alpha value is 1.03. The number of hydrogen-bond donors (Lipinski definition) is 1. The van der Waals surface area contributed by atoms with Gasteiger partial charge in [0.15, 0.2) is 0 Å². The summed E-state index contributed by atoms with van der Waals surface area (Å²) in [5, 5.41) is 2.03. The SMILES string of the molecule is O=S(O)N(CCCCCBr)CCCCCBr. The molecule has 0 aliphatic carbocycles. The quantitative estimate of drug-likeness (QED) is 0.339. The number of nitrogens with zero attached hydrogens (tertiary/aromatic N) is 1. The van der Waals surface area contributed by atoms with Crippen molar-refractivity contribution in [1.82, 2.24) is 4.31 Å². The van der Waals surface area contributed by atoms with Gasteiger partial charge < -0.3 is 0 Å². The third kappa shape index (κ3) is 10.2. The molecule has 3 nitrogen and oxygen atoms in total. The van der Waals surface area contributed by atoms with Gasteiger partial charge in [-0.25, -0.2) is 8.51 Å². The average molecular weight is 379 g/mol. The second-order valence-corrected chi connectivity index (χ2v) is 6.22. The maximum atomic E-state index is 11.0. The van der Waals surface area contributed by atoms with E-state index in [0.717, 1.165) is 62.3 Å². The minimum atomic E-state index is -1.80. The molecule has 0 aliphatic rings. The van der Waals surface area contributed by atoms with E-state index < -0.39 is 11.3 Å². The third-order valence-corrected chi connectivity index (χ3v) is 4.23. The van der Waals surface area contributed by atoms with E-state index in [1.165, 1.54) is 0 Å². The van der Waals surface area contributed by atoms with Crippen LogP contribution in [0.15, 0.2) is 0 Å². The summed E-state index contributed by atoms with van der Waals surface area (Å²) >= 11 is 4.95. The minimum absolute atomic E-state index is 0.727. The van der Waals surface area contributed by atoms with Gasteiger partial charge in [-0.15, -0.1) is 0 Å². The van der Waals surface area contributed by atoms with Gasteiger partial charge in [0.2, 0.25) is 11.3 Å². The molecule has 0 bridgehead atoms. The first kappa shape index (κ1) is 17.0. The third-order valence-electron chi connectivity index (χ3n) is 2.30. The molecule has 1 atom stereocenters. The molecule has 0 fully saturated rings. The molecule has 0 aromatic heterocycles.